The van der Waals surface area contributed by atoms with E-state index in [4.69, 9.17) is 0 Å². The van der Waals surface area contributed by atoms with Gasteiger partial charge >= 0.3 is 0 Å². The van der Waals surface area contributed by atoms with Gasteiger partial charge in [-0.1, -0.05) is 38.0 Å². The second kappa shape index (κ2) is 9.65. The minimum absolute atomic E-state index is 0.101. The van der Waals surface area contributed by atoms with Crippen molar-refractivity contribution in [3.8, 4) is 0 Å². The van der Waals surface area contributed by atoms with Crippen LogP contribution in [0.5, 0.6) is 0 Å². The molecule has 0 amide bonds. The lowest BCUT2D eigenvalue weighted by Gasteiger charge is -2.16. The molecule has 2 atom stereocenters. The molecule has 1 N–H and O–H groups in total. The first kappa shape index (κ1) is 15.4. The summed E-state index contributed by atoms with van der Waals surface area (Å²) in [5, 5.41) is 9.44. The van der Waals surface area contributed by atoms with Crippen molar-refractivity contribution in [2.24, 2.45) is 5.92 Å². The minimum atomic E-state index is -0.101. The van der Waals surface area contributed by atoms with Gasteiger partial charge in [-0.05, 0) is 44.9 Å². The van der Waals surface area contributed by atoms with E-state index in [1.54, 1.807) is 0 Å². The van der Waals surface area contributed by atoms with Crippen LogP contribution in [0.4, 0.5) is 0 Å². The number of aliphatic hydroxyl groups excluding tert-OH is 1. The highest BCUT2D eigenvalue weighted by molar-refractivity contribution is 4.96. The Hall–Kier alpha value is -0.560. The summed E-state index contributed by atoms with van der Waals surface area (Å²) < 4.78 is 0. The van der Waals surface area contributed by atoms with Gasteiger partial charge in [0.05, 0.1) is 6.10 Å². The summed E-state index contributed by atoms with van der Waals surface area (Å²) in [6, 6.07) is 0. The van der Waals surface area contributed by atoms with E-state index in [1.165, 1.54) is 24.8 Å². The molecule has 0 spiro atoms. The van der Waals surface area contributed by atoms with Crippen molar-refractivity contribution >= 4 is 0 Å². The topological polar surface area (TPSA) is 20.2 Å². The van der Waals surface area contributed by atoms with Crippen LogP contribution in [0.3, 0.4) is 0 Å². The fraction of sp³-hybridized carbons (Fsp3) is 0.733. The SMILES string of the molecule is C=CCCC(CCCCC(O)CC)C(=C)C. The Morgan fingerprint density at radius 2 is 1.88 bits per heavy atom. The summed E-state index contributed by atoms with van der Waals surface area (Å²) in [6.45, 7) is 12.0. The Kier molecular flexibility index (Phi) is 9.31. The van der Waals surface area contributed by atoms with Gasteiger partial charge in [0, 0.05) is 0 Å². The molecule has 0 saturated heterocycles. The molecule has 0 aliphatic rings. The number of aliphatic hydroxyl groups is 1. The number of rotatable bonds is 10. The average molecular weight is 224 g/mol. The number of hydrogen-bond donors (Lipinski definition) is 1. The molecule has 0 aliphatic carbocycles. The maximum atomic E-state index is 9.44. The van der Waals surface area contributed by atoms with Crippen molar-refractivity contribution in [2.45, 2.75) is 64.9 Å². The van der Waals surface area contributed by atoms with Gasteiger partial charge in [-0.15, -0.1) is 6.58 Å². The summed E-state index contributed by atoms with van der Waals surface area (Å²) in [5.41, 5.74) is 1.29. The zero-order chi connectivity index (χ0) is 12.4. The Labute approximate surface area is 101 Å². The first-order chi connectivity index (χ1) is 7.61. The van der Waals surface area contributed by atoms with E-state index < -0.39 is 0 Å². The number of unbranched alkanes of at least 4 members (excludes halogenated alkanes) is 1. The molecule has 0 saturated carbocycles. The maximum absolute atomic E-state index is 9.44. The quantitative estimate of drug-likeness (QED) is 0.428. The number of hydrogen-bond acceptors (Lipinski definition) is 1. The van der Waals surface area contributed by atoms with E-state index >= 15 is 0 Å². The average Bonchev–Trinajstić information content (AvgIpc) is 2.27. The molecule has 2 unspecified atom stereocenters. The van der Waals surface area contributed by atoms with Gasteiger partial charge in [0.25, 0.3) is 0 Å². The lowest BCUT2D eigenvalue weighted by Crippen LogP contribution is -2.05. The molecule has 1 nitrogen and oxygen atoms in total. The van der Waals surface area contributed by atoms with Gasteiger partial charge in [0.15, 0.2) is 0 Å². The molecule has 1 heteroatoms. The van der Waals surface area contributed by atoms with Crippen molar-refractivity contribution in [3.63, 3.8) is 0 Å². The van der Waals surface area contributed by atoms with Crippen LogP contribution in [-0.4, -0.2) is 11.2 Å². The summed E-state index contributed by atoms with van der Waals surface area (Å²) in [7, 11) is 0. The summed E-state index contributed by atoms with van der Waals surface area (Å²) in [6.07, 6.45) is 9.50. The molecule has 0 rings (SSSR count). The van der Waals surface area contributed by atoms with Crippen LogP contribution in [0.2, 0.25) is 0 Å². The van der Waals surface area contributed by atoms with Crippen LogP contribution in [0.25, 0.3) is 0 Å². The third-order valence-corrected chi connectivity index (χ3v) is 3.23. The first-order valence-electron chi connectivity index (χ1n) is 6.56. The lowest BCUT2D eigenvalue weighted by atomic mass is 9.90. The highest BCUT2D eigenvalue weighted by Gasteiger charge is 2.08. The zero-order valence-electron chi connectivity index (χ0n) is 11.0. The molecule has 0 aromatic carbocycles. The molecular weight excluding hydrogens is 196 g/mol. The molecule has 0 radical (unpaired) electrons. The van der Waals surface area contributed by atoms with E-state index in [0.29, 0.717) is 5.92 Å². The van der Waals surface area contributed by atoms with Gasteiger partial charge in [0.2, 0.25) is 0 Å². The molecule has 0 heterocycles. The minimum Gasteiger partial charge on any atom is -0.393 e. The molecule has 0 aromatic rings. The molecular formula is C15H28O. The maximum Gasteiger partial charge on any atom is 0.0537 e. The van der Waals surface area contributed by atoms with Crippen LogP contribution >= 0.6 is 0 Å². The normalized spacial score (nSPS) is 14.4. The lowest BCUT2D eigenvalue weighted by molar-refractivity contribution is 0.156. The standard InChI is InChI=1S/C15H28O/c1-5-7-10-14(13(3)4)11-8-9-12-15(16)6-2/h5,14-16H,1,3,6-12H2,2,4H3. The number of allylic oxidation sites excluding steroid dienone is 2. The van der Waals surface area contributed by atoms with Crippen LogP contribution < -0.4 is 0 Å². The van der Waals surface area contributed by atoms with Gasteiger partial charge in [-0.25, -0.2) is 0 Å². The van der Waals surface area contributed by atoms with E-state index in [9.17, 15) is 5.11 Å². The van der Waals surface area contributed by atoms with Crippen molar-refractivity contribution in [2.75, 3.05) is 0 Å². The fourth-order valence-electron chi connectivity index (χ4n) is 1.93. The molecule has 0 aliphatic heterocycles. The van der Waals surface area contributed by atoms with Crippen molar-refractivity contribution in [1.29, 1.82) is 0 Å². The third kappa shape index (κ3) is 7.70. The summed E-state index contributed by atoms with van der Waals surface area (Å²) in [4.78, 5) is 0. The van der Waals surface area contributed by atoms with Gasteiger partial charge in [0.1, 0.15) is 0 Å². The van der Waals surface area contributed by atoms with E-state index in [-0.39, 0.29) is 6.10 Å². The van der Waals surface area contributed by atoms with E-state index in [1.807, 2.05) is 13.0 Å². The van der Waals surface area contributed by atoms with E-state index in [0.717, 1.165) is 25.7 Å². The van der Waals surface area contributed by atoms with Crippen molar-refractivity contribution in [3.05, 3.63) is 24.8 Å². The van der Waals surface area contributed by atoms with Gasteiger partial charge in [-0.2, -0.15) is 0 Å². The second-order valence-corrected chi connectivity index (χ2v) is 4.76. The highest BCUT2D eigenvalue weighted by Crippen LogP contribution is 2.22. The van der Waals surface area contributed by atoms with Crippen molar-refractivity contribution < 1.29 is 5.11 Å². The van der Waals surface area contributed by atoms with Crippen molar-refractivity contribution in [1.82, 2.24) is 0 Å². The van der Waals surface area contributed by atoms with Gasteiger partial charge in [-0.3, -0.25) is 0 Å². The Bertz CT molecular complexity index is 196. The zero-order valence-corrected chi connectivity index (χ0v) is 11.0. The van der Waals surface area contributed by atoms with Crippen LogP contribution in [0.15, 0.2) is 24.8 Å². The third-order valence-electron chi connectivity index (χ3n) is 3.23. The summed E-state index contributed by atoms with van der Waals surface area (Å²) in [5.74, 6) is 0.636. The largest absolute Gasteiger partial charge is 0.393 e. The highest BCUT2D eigenvalue weighted by atomic mass is 16.3. The predicted octanol–water partition coefficient (Wildman–Crippen LogP) is 4.48. The van der Waals surface area contributed by atoms with Gasteiger partial charge < -0.3 is 5.11 Å². The Morgan fingerprint density at radius 3 is 2.38 bits per heavy atom. The van der Waals surface area contributed by atoms with E-state index in [2.05, 4.69) is 20.1 Å². The molecule has 16 heavy (non-hydrogen) atoms. The van der Waals surface area contributed by atoms with Crippen LogP contribution in [0.1, 0.15) is 58.8 Å². The summed E-state index contributed by atoms with van der Waals surface area (Å²) >= 11 is 0. The second-order valence-electron chi connectivity index (χ2n) is 4.76. The molecule has 0 bridgehead atoms. The first-order valence-corrected chi connectivity index (χ1v) is 6.56. The molecule has 0 aromatic heterocycles. The molecule has 94 valence electrons. The fourth-order valence-corrected chi connectivity index (χ4v) is 1.93. The molecule has 0 fully saturated rings. The van der Waals surface area contributed by atoms with Crippen LogP contribution in [-0.2, 0) is 0 Å². The predicted molar refractivity (Wildman–Crippen MR) is 72.5 cm³/mol. The Balaban J connectivity index is 3.67. The Morgan fingerprint density at radius 1 is 1.25 bits per heavy atom. The van der Waals surface area contributed by atoms with Crippen LogP contribution in [0, 0.1) is 5.92 Å². The monoisotopic (exact) mass is 224 g/mol. The smallest absolute Gasteiger partial charge is 0.0537 e.